The Morgan fingerprint density at radius 1 is 0.580 bits per heavy atom. The van der Waals surface area contributed by atoms with Gasteiger partial charge < -0.3 is 4.90 Å². The fourth-order valence-corrected chi connectivity index (χ4v) is 10.2. The number of hydrogen-bond acceptors (Lipinski definition) is 1. The second kappa shape index (κ2) is 11.2. The molecule has 6 aromatic carbocycles. The van der Waals surface area contributed by atoms with Crippen LogP contribution in [0.25, 0.3) is 38.6 Å². The number of allylic oxidation sites excluding steroid dienone is 4. The Kier molecular flexibility index (Phi) is 6.66. The summed E-state index contributed by atoms with van der Waals surface area (Å²) in [7, 11) is 0. The first kappa shape index (κ1) is 29.7. The zero-order chi connectivity index (χ0) is 33.5. The van der Waals surface area contributed by atoms with Crippen LogP contribution in [-0.4, -0.2) is 0 Å². The molecular weight excluding hydrogens is 603 g/mol. The highest BCUT2D eigenvalue weighted by molar-refractivity contribution is 6.09. The first-order valence-electron chi connectivity index (χ1n) is 18.7. The van der Waals surface area contributed by atoms with Gasteiger partial charge in [0.05, 0.1) is 5.69 Å². The highest BCUT2D eigenvalue weighted by Crippen LogP contribution is 2.59. The van der Waals surface area contributed by atoms with Crippen LogP contribution < -0.4 is 4.90 Å². The number of hydrogen-bond donors (Lipinski definition) is 0. The lowest BCUT2D eigenvalue weighted by molar-refractivity contribution is 0.353. The molecule has 10 rings (SSSR count). The van der Waals surface area contributed by atoms with Crippen molar-refractivity contribution < 1.29 is 0 Å². The largest absolute Gasteiger partial charge is 0.309 e. The highest BCUT2D eigenvalue weighted by atomic mass is 15.1. The standard InChI is InChI=1S/C49H43N/c1-48(2)42-21-11-10-20-41(42)46-45(48)31-35-17-7-8-18-38(35)47(46)50(36-25-23-34(24-26-36)33-15-5-3-6-16-33)37-27-28-40-39-19-9-12-22-43(39)49(44(40)32-37)29-13-4-14-30-49/h3,5-10,12,15-20,22-28,31-32H,4,11,13-14,21,29-30H2,1-2H3. The van der Waals surface area contributed by atoms with Crippen LogP contribution in [0.4, 0.5) is 17.1 Å². The number of nitrogens with zero attached hydrogens (tertiary/aromatic N) is 1. The van der Waals surface area contributed by atoms with Crippen LogP contribution in [0, 0.1) is 0 Å². The van der Waals surface area contributed by atoms with Gasteiger partial charge in [-0.15, -0.1) is 0 Å². The lowest BCUT2D eigenvalue weighted by Crippen LogP contribution is -2.28. The van der Waals surface area contributed by atoms with Crippen molar-refractivity contribution in [1.29, 1.82) is 0 Å². The summed E-state index contributed by atoms with van der Waals surface area (Å²) in [5.41, 5.74) is 18.1. The van der Waals surface area contributed by atoms with Crippen molar-refractivity contribution in [2.75, 3.05) is 4.90 Å². The maximum atomic E-state index is 2.62. The average Bonchev–Trinajstić information content (AvgIpc) is 3.56. The van der Waals surface area contributed by atoms with Crippen molar-refractivity contribution in [3.8, 4) is 22.3 Å². The molecule has 1 spiro atoms. The summed E-state index contributed by atoms with van der Waals surface area (Å²) in [5.74, 6) is 0. The molecule has 6 aromatic rings. The van der Waals surface area contributed by atoms with E-state index in [-0.39, 0.29) is 10.8 Å². The fourth-order valence-electron chi connectivity index (χ4n) is 10.2. The molecule has 0 bridgehead atoms. The van der Waals surface area contributed by atoms with Crippen LogP contribution >= 0.6 is 0 Å². The minimum Gasteiger partial charge on any atom is -0.309 e. The summed E-state index contributed by atoms with van der Waals surface area (Å²) in [4.78, 5) is 2.62. The fraction of sp³-hybridized carbons (Fsp3) is 0.224. The van der Waals surface area contributed by atoms with E-state index in [0.29, 0.717) is 0 Å². The molecule has 4 aliphatic rings. The molecule has 1 fully saturated rings. The van der Waals surface area contributed by atoms with Gasteiger partial charge >= 0.3 is 0 Å². The van der Waals surface area contributed by atoms with E-state index in [9.17, 15) is 0 Å². The molecule has 1 saturated carbocycles. The molecule has 50 heavy (non-hydrogen) atoms. The Bertz CT molecular complexity index is 2360. The first-order chi connectivity index (χ1) is 24.5. The molecule has 0 radical (unpaired) electrons. The number of benzene rings is 6. The normalized spacial score (nSPS) is 17.8. The van der Waals surface area contributed by atoms with E-state index in [2.05, 4.69) is 158 Å². The zero-order valence-corrected chi connectivity index (χ0v) is 29.2. The maximum Gasteiger partial charge on any atom is 0.0621 e. The molecule has 244 valence electrons. The predicted octanol–water partition coefficient (Wildman–Crippen LogP) is 13.6. The Morgan fingerprint density at radius 2 is 1.28 bits per heavy atom. The SMILES string of the molecule is CC1(C)C2=C(C=CCC2)c2c1cc1ccccc1c2N(c1ccc(-c2ccccc2)cc1)c1ccc2c(c1)C1(CCCCC1)c1ccccc1-2. The van der Waals surface area contributed by atoms with E-state index in [0.717, 1.165) is 12.8 Å². The molecular formula is C49H43N. The zero-order valence-electron chi connectivity index (χ0n) is 29.2. The third kappa shape index (κ3) is 4.25. The van der Waals surface area contributed by atoms with E-state index in [1.165, 1.54) is 104 Å². The summed E-state index contributed by atoms with van der Waals surface area (Å²) < 4.78 is 0. The van der Waals surface area contributed by atoms with E-state index >= 15 is 0 Å². The third-order valence-electron chi connectivity index (χ3n) is 12.6. The molecule has 0 amide bonds. The van der Waals surface area contributed by atoms with Gasteiger partial charge in [0.15, 0.2) is 0 Å². The first-order valence-corrected chi connectivity index (χ1v) is 18.7. The topological polar surface area (TPSA) is 3.24 Å². The molecule has 1 heteroatoms. The van der Waals surface area contributed by atoms with Crippen molar-refractivity contribution in [2.24, 2.45) is 0 Å². The van der Waals surface area contributed by atoms with E-state index in [1.807, 2.05) is 0 Å². The van der Waals surface area contributed by atoms with E-state index < -0.39 is 0 Å². The van der Waals surface area contributed by atoms with Crippen molar-refractivity contribution in [3.05, 3.63) is 167 Å². The lowest BCUT2D eigenvalue weighted by Gasteiger charge is -2.37. The van der Waals surface area contributed by atoms with Crippen molar-refractivity contribution in [2.45, 2.75) is 69.6 Å². The quantitative estimate of drug-likeness (QED) is 0.184. The van der Waals surface area contributed by atoms with Crippen LogP contribution in [0.15, 0.2) is 145 Å². The average molecular weight is 646 g/mol. The van der Waals surface area contributed by atoms with Gasteiger partial charge in [-0.2, -0.15) is 0 Å². The minimum absolute atomic E-state index is 0.0250. The van der Waals surface area contributed by atoms with Crippen molar-refractivity contribution in [1.82, 2.24) is 0 Å². The molecule has 0 heterocycles. The Balaban J connectivity index is 1.26. The van der Waals surface area contributed by atoms with Gasteiger partial charge in [0.25, 0.3) is 0 Å². The lowest BCUT2D eigenvalue weighted by atomic mass is 9.68. The second-order valence-electron chi connectivity index (χ2n) is 15.5. The highest BCUT2D eigenvalue weighted by Gasteiger charge is 2.45. The number of rotatable bonds is 4. The van der Waals surface area contributed by atoms with Crippen molar-refractivity contribution >= 4 is 33.4 Å². The molecule has 0 aliphatic heterocycles. The molecule has 4 aliphatic carbocycles. The van der Waals surface area contributed by atoms with Crippen LogP contribution in [0.1, 0.15) is 81.0 Å². The number of fused-ring (bicyclic) bond motifs is 8. The summed E-state index contributed by atoms with van der Waals surface area (Å²) in [6, 6.07) is 48.4. The monoisotopic (exact) mass is 645 g/mol. The Labute approximate surface area is 296 Å². The van der Waals surface area contributed by atoms with Gasteiger partial charge in [-0.25, -0.2) is 0 Å². The molecule has 0 atom stereocenters. The summed E-state index contributed by atoms with van der Waals surface area (Å²) >= 11 is 0. The van der Waals surface area contributed by atoms with Crippen LogP contribution in [0.5, 0.6) is 0 Å². The minimum atomic E-state index is -0.0250. The summed E-state index contributed by atoms with van der Waals surface area (Å²) in [6.45, 7) is 4.90. The van der Waals surface area contributed by atoms with Crippen molar-refractivity contribution in [3.63, 3.8) is 0 Å². The second-order valence-corrected chi connectivity index (χ2v) is 15.5. The van der Waals surface area contributed by atoms with Gasteiger partial charge in [-0.1, -0.05) is 148 Å². The third-order valence-corrected chi connectivity index (χ3v) is 12.6. The molecule has 0 N–H and O–H groups in total. The van der Waals surface area contributed by atoms with Gasteiger partial charge in [0, 0.05) is 33.2 Å². The number of anilines is 3. The van der Waals surface area contributed by atoms with Gasteiger partial charge in [0.2, 0.25) is 0 Å². The molecule has 0 saturated heterocycles. The molecule has 0 aromatic heterocycles. The van der Waals surface area contributed by atoms with E-state index in [1.54, 1.807) is 11.1 Å². The molecule has 1 nitrogen and oxygen atoms in total. The summed E-state index contributed by atoms with van der Waals surface area (Å²) in [6.07, 6.45) is 13.4. The van der Waals surface area contributed by atoms with Gasteiger partial charge in [-0.05, 0) is 106 Å². The Morgan fingerprint density at radius 3 is 2.12 bits per heavy atom. The smallest absolute Gasteiger partial charge is 0.0621 e. The van der Waals surface area contributed by atoms with Gasteiger partial charge in [-0.3, -0.25) is 0 Å². The van der Waals surface area contributed by atoms with Gasteiger partial charge in [0.1, 0.15) is 0 Å². The van der Waals surface area contributed by atoms with Crippen LogP contribution in [0.3, 0.4) is 0 Å². The van der Waals surface area contributed by atoms with Crippen LogP contribution in [-0.2, 0) is 10.8 Å². The summed E-state index contributed by atoms with van der Waals surface area (Å²) in [5, 5.41) is 2.61. The Hall–Kier alpha value is -5.14. The maximum absolute atomic E-state index is 2.62. The predicted molar refractivity (Wildman–Crippen MR) is 212 cm³/mol. The van der Waals surface area contributed by atoms with Crippen LogP contribution in [0.2, 0.25) is 0 Å². The van der Waals surface area contributed by atoms with E-state index in [4.69, 9.17) is 0 Å². The molecule has 0 unspecified atom stereocenters.